The van der Waals surface area contributed by atoms with Gasteiger partial charge in [0.25, 0.3) is 0 Å². The van der Waals surface area contributed by atoms with Gasteiger partial charge < -0.3 is 14.6 Å². The maximum atomic E-state index is 10.7. The molecule has 0 saturated heterocycles. The Hall–Kier alpha value is -0.580. The average Bonchev–Trinajstić information content (AvgIpc) is 2.48. The van der Waals surface area contributed by atoms with Crippen molar-refractivity contribution in [3.8, 4) is 5.75 Å². The minimum atomic E-state index is -0.477. The molecule has 3 nitrogen and oxygen atoms in total. The molecule has 2 rings (SSSR count). The van der Waals surface area contributed by atoms with Crippen molar-refractivity contribution in [2.45, 2.75) is 50.7 Å². The maximum absolute atomic E-state index is 10.7. The van der Waals surface area contributed by atoms with E-state index in [4.69, 9.17) is 9.47 Å². The van der Waals surface area contributed by atoms with E-state index in [1.54, 1.807) is 14.2 Å². The van der Waals surface area contributed by atoms with Gasteiger partial charge in [-0.2, -0.15) is 0 Å². The van der Waals surface area contributed by atoms with E-state index in [2.05, 4.69) is 22.9 Å². The largest absolute Gasteiger partial charge is 0.496 e. The number of benzene rings is 1. The predicted octanol–water partition coefficient (Wildman–Crippen LogP) is 3.96. The van der Waals surface area contributed by atoms with Crippen LogP contribution in [-0.4, -0.2) is 31.0 Å². The first-order chi connectivity index (χ1) is 10.0. The number of hydrogen-bond acceptors (Lipinski definition) is 3. The summed E-state index contributed by atoms with van der Waals surface area (Å²) < 4.78 is 11.9. The first-order valence-corrected chi connectivity index (χ1v) is 8.35. The van der Waals surface area contributed by atoms with E-state index in [1.165, 1.54) is 0 Å². The Labute approximate surface area is 135 Å². The Balaban J connectivity index is 2.09. The van der Waals surface area contributed by atoms with Gasteiger partial charge in [-0.15, -0.1) is 0 Å². The fraction of sp³-hybridized carbons (Fsp3) is 0.647. The molecule has 1 aromatic carbocycles. The lowest BCUT2D eigenvalue weighted by Gasteiger charge is -2.41. The highest BCUT2D eigenvalue weighted by molar-refractivity contribution is 9.10. The second-order valence-electron chi connectivity index (χ2n) is 6.14. The molecule has 1 N–H and O–H groups in total. The van der Waals surface area contributed by atoms with Crippen molar-refractivity contribution in [3.63, 3.8) is 0 Å². The Morgan fingerprint density at radius 3 is 2.52 bits per heavy atom. The molecule has 1 aliphatic carbocycles. The highest BCUT2D eigenvalue weighted by Gasteiger charge is 2.40. The molecule has 0 aromatic heterocycles. The van der Waals surface area contributed by atoms with Crippen LogP contribution in [0.1, 0.15) is 38.2 Å². The molecule has 0 aliphatic heterocycles. The topological polar surface area (TPSA) is 38.7 Å². The second-order valence-corrected chi connectivity index (χ2v) is 6.99. The van der Waals surface area contributed by atoms with Crippen LogP contribution in [0.15, 0.2) is 22.7 Å². The lowest BCUT2D eigenvalue weighted by molar-refractivity contribution is -0.127. The first-order valence-electron chi connectivity index (χ1n) is 7.56. The van der Waals surface area contributed by atoms with E-state index < -0.39 is 6.10 Å². The van der Waals surface area contributed by atoms with Crippen LogP contribution >= 0.6 is 15.9 Å². The number of rotatable bonds is 5. The quantitative estimate of drug-likeness (QED) is 0.867. The molecule has 0 amide bonds. The molecule has 0 heterocycles. The number of aliphatic hydroxyl groups is 1. The minimum Gasteiger partial charge on any atom is -0.496 e. The molecule has 1 aliphatic rings. The second kappa shape index (κ2) is 7.12. The molecule has 0 bridgehead atoms. The van der Waals surface area contributed by atoms with Gasteiger partial charge in [0.1, 0.15) is 5.75 Å². The van der Waals surface area contributed by atoms with Crippen LogP contribution in [0.25, 0.3) is 0 Å². The Bertz CT molecular complexity index is 467. The molecule has 21 heavy (non-hydrogen) atoms. The number of ether oxygens (including phenoxy) is 2. The molecule has 118 valence electrons. The van der Waals surface area contributed by atoms with E-state index in [-0.39, 0.29) is 5.60 Å². The highest BCUT2D eigenvalue weighted by atomic mass is 79.9. The summed E-state index contributed by atoms with van der Waals surface area (Å²) in [5.41, 5.74) is 0.698. The fourth-order valence-corrected chi connectivity index (χ4v) is 3.76. The monoisotopic (exact) mass is 356 g/mol. The van der Waals surface area contributed by atoms with Gasteiger partial charge in [0.05, 0.1) is 23.3 Å². The van der Waals surface area contributed by atoms with E-state index >= 15 is 0 Å². The molecule has 4 heteroatoms. The third kappa shape index (κ3) is 3.79. The summed E-state index contributed by atoms with van der Waals surface area (Å²) in [6, 6.07) is 5.94. The van der Waals surface area contributed by atoms with E-state index in [0.717, 1.165) is 47.4 Å². The van der Waals surface area contributed by atoms with Crippen LogP contribution in [-0.2, 0) is 11.2 Å². The van der Waals surface area contributed by atoms with Crippen LogP contribution in [0, 0.1) is 5.92 Å². The van der Waals surface area contributed by atoms with Crippen LogP contribution in [0.4, 0.5) is 0 Å². The molecule has 1 atom stereocenters. The number of halogens is 1. The third-order valence-corrected chi connectivity index (χ3v) is 5.40. The van der Waals surface area contributed by atoms with Crippen LogP contribution < -0.4 is 4.74 Å². The molecular formula is C17H25BrO3. The van der Waals surface area contributed by atoms with Gasteiger partial charge in [-0.1, -0.05) is 13.0 Å². The van der Waals surface area contributed by atoms with Gasteiger partial charge >= 0.3 is 0 Å². The lowest BCUT2D eigenvalue weighted by Crippen LogP contribution is -2.47. The van der Waals surface area contributed by atoms with Crippen LogP contribution in [0.3, 0.4) is 0 Å². The van der Waals surface area contributed by atoms with Crippen molar-refractivity contribution in [2.24, 2.45) is 5.92 Å². The van der Waals surface area contributed by atoms with Crippen molar-refractivity contribution < 1.29 is 14.6 Å². The van der Waals surface area contributed by atoms with Gasteiger partial charge in [-0.25, -0.2) is 0 Å². The average molecular weight is 357 g/mol. The standard InChI is InChI=1S/C17H25BrO3/c1-12-6-8-17(21-3,9-7-12)16(19)11-13-4-5-15(20-2)14(18)10-13/h4-5,10,12,16,19H,6-9,11H2,1-3H3. The van der Waals surface area contributed by atoms with Crippen LogP contribution in [0.2, 0.25) is 0 Å². The third-order valence-electron chi connectivity index (χ3n) is 4.78. The number of methoxy groups -OCH3 is 2. The summed E-state index contributed by atoms with van der Waals surface area (Å²) in [6.45, 7) is 2.27. The van der Waals surface area contributed by atoms with Crippen molar-refractivity contribution in [3.05, 3.63) is 28.2 Å². The molecule has 1 fully saturated rings. The number of aliphatic hydroxyl groups excluding tert-OH is 1. The summed E-state index contributed by atoms with van der Waals surface area (Å²) in [5.74, 6) is 1.54. The van der Waals surface area contributed by atoms with Crippen molar-refractivity contribution in [1.29, 1.82) is 0 Å². The summed E-state index contributed by atoms with van der Waals surface area (Å²) in [4.78, 5) is 0. The predicted molar refractivity (Wildman–Crippen MR) is 87.8 cm³/mol. The van der Waals surface area contributed by atoms with Crippen molar-refractivity contribution in [1.82, 2.24) is 0 Å². The zero-order valence-electron chi connectivity index (χ0n) is 13.1. The molecule has 1 unspecified atom stereocenters. The van der Waals surface area contributed by atoms with Crippen molar-refractivity contribution in [2.75, 3.05) is 14.2 Å². The Morgan fingerprint density at radius 2 is 2.00 bits per heavy atom. The highest BCUT2D eigenvalue weighted by Crippen LogP contribution is 2.38. The molecule has 0 spiro atoms. The minimum absolute atomic E-state index is 0.390. The molecule has 1 saturated carbocycles. The van der Waals surface area contributed by atoms with Gasteiger partial charge in [0.15, 0.2) is 0 Å². The van der Waals surface area contributed by atoms with Crippen LogP contribution in [0.5, 0.6) is 5.75 Å². The van der Waals surface area contributed by atoms with Gasteiger partial charge in [0, 0.05) is 13.5 Å². The summed E-state index contributed by atoms with van der Waals surface area (Å²) in [6.07, 6.45) is 4.24. The SMILES string of the molecule is COc1ccc(CC(O)C2(OC)CCC(C)CC2)cc1Br. The van der Waals surface area contributed by atoms with Gasteiger partial charge in [-0.05, 0) is 65.2 Å². The van der Waals surface area contributed by atoms with Gasteiger partial charge in [0.2, 0.25) is 0 Å². The molecular weight excluding hydrogens is 332 g/mol. The van der Waals surface area contributed by atoms with E-state index in [1.807, 2.05) is 18.2 Å². The fourth-order valence-electron chi connectivity index (χ4n) is 3.17. The zero-order valence-corrected chi connectivity index (χ0v) is 14.6. The molecule has 0 radical (unpaired) electrons. The summed E-state index contributed by atoms with van der Waals surface area (Å²) >= 11 is 3.49. The first kappa shape index (κ1) is 16.8. The zero-order chi connectivity index (χ0) is 15.5. The van der Waals surface area contributed by atoms with Crippen molar-refractivity contribution >= 4 is 15.9 Å². The lowest BCUT2D eigenvalue weighted by atomic mass is 9.75. The van der Waals surface area contributed by atoms with E-state index in [9.17, 15) is 5.11 Å². The normalized spacial score (nSPS) is 27.4. The molecule has 1 aromatic rings. The van der Waals surface area contributed by atoms with Gasteiger partial charge in [-0.3, -0.25) is 0 Å². The number of hydrogen-bond donors (Lipinski definition) is 1. The summed E-state index contributed by atoms with van der Waals surface area (Å²) in [7, 11) is 3.38. The smallest absolute Gasteiger partial charge is 0.133 e. The Morgan fingerprint density at radius 1 is 1.33 bits per heavy atom. The maximum Gasteiger partial charge on any atom is 0.133 e. The Kier molecular flexibility index (Phi) is 5.69. The van der Waals surface area contributed by atoms with E-state index in [0.29, 0.717) is 6.42 Å². The summed E-state index contributed by atoms with van der Waals surface area (Å²) in [5, 5.41) is 10.7.